The predicted octanol–water partition coefficient (Wildman–Crippen LogP) is 3.62. The van der Waals surface area contributed by atoms with Crippen molar-refractivity contribution in [3.05, 3.63) is 29.3 Å². The normalized spacial score (nSPS) is 26.9. The molecule has 2 atom stereocenters. The first-order chi connectivity index (χ1) is 8.40. The van der Waals surface area contributed by atoms with Gasteiger partial charge in [-0.15, -0.1) is 0 Å². The lowest BCUT2D eigenvalue weighted by molar-refractivity contribution is -0.0691. The van der Waals surface area contributed by atoms with Gasteiger partial charge in [-0.05, 0) is 50.2 Å². The molecule has 1 N–H and O–H groups in total. The van der Waals surface area contributed by atoms with E-state index in [0.29, 0.717) is 0 Å². The highest BCUT2D eigenvalue weighted by atomic mass is 16.5. The van der Waals surface area contributed by atoms with E-state index in [2.05, 4.69) is 39.8 Å². The van der Waals surface area contributed by atoms with Gasteiger partial charge in [-0.25, -0.2) is 0 Å². The molecule has 1 aromatic carbocycles. The quantitative estimate of drug-likeness (QED) is 0.866. The van der Waals surface area contributed by atoms with E-state index in [-0.39, 0.29) is 17.6 Å². The standard InChI is InChI=1S/C16H24O2/c1-11-7-8-13(12(2)10-11)18-14-6-5-9-16(3,4)15(14)17/h7-8,10,14-15,17H,5-6,9H2,1-4H3. The maximum atomic E-state index is 10.4. The third kappa shape index (κ3) is 2.69. The van der Waals surface area contributed by atoms with E-state index in [0.717, 1.165) is 30.6 Å². The Morgan fingerprint density at radius 3 is 2.67 bits per heavy atom. The lowest BCUT2D eigenvalue weighted by Gasteiger charge is -2.40. The van der Waals surface area contributed by atoms with Crippen LogP contribution in [-0.4, -0.2) is 17.3 Å². The van der Waals surface area contributed by atoms with Gasteiger partial charge in [0.1, 0.15) is 11.9 Å². The summed E-state index contributed by atoms with van der Waals surface area (Å²) in [6.45, 7) is 8.38. The van der Waals surface area contributed by atoms with E-state index in [4.69, 9.17) is 4.74 Å². The van der Waals surface area contributed by atoms with E-state index in [1.54, 1.807) is 0 Å². The van der Waals surface area contributed by atoms with Gasteiger partial charge in [0.25, 0.3) is 0 Å². The van der Waals surface area contributed by atoms with Crippen LogP contribution in [0, 0.1) is 19.3 Å². The van der Waals surface area contributed by atoms with E-state index in [1.807, 2.05) is 6.07 Å². The molecule has 2 nitrogen and oxygen atoms in total. The van der Waals surface area contributed by atoms with Crippen LogP contribution in [-0.2, 0) is 0 Å². The van der Waals surface area contributed by atoms with Crippen molar-refractivity contribution < 1.29 is 9.84 Å². The zero-order valence-electron chi connectivity index (χ0n) is 11.9. The van der Waals surface area contributed by atoms with Gasteiger partial charge < -0.3 is 9.84 Å². The minimum atomic E-state index is -0.382. The Bertz CT molecular complexity index is 423. The maximum absolute atomic E-state index is 10.4. The number of aliphatic hydroxyl groups excluding tert-OH is 1. The molecule has 0 heterocycles. The van der Waals surface area contributed by atoms with Crippen LogP contribution in [0.3, 0.4) is 0 Å². The van der Waals surface area contributed by atoms with Crippen LogP contribution in [0.4, 0.5) is 0 Å². The fourth-order valence-electron chi connectivity index (χ4n) is 2.79. The minimum absolute atomic E-state index is 0.0402. The van der Waals surface area contributed by atoms with Gasteiger partial charge in [-0.1, -0.05) is 31.5 Å². The van der Waals surface area contributed by atoms with Crippen LogP contribution in [0.2, 0.25) is 0 Å². The summed E-state index contributed by atoms with van der Waals surface area (Å²) in [7, 11) is 0. The molecule has 0 spiro atoms. The summed E-state index contributed by atoms with van der Waals surface area (Å²) in [5, 5.41) is 10.4. The Morgan fingerprint density at radius 1 is 1.28 bits per heavy atom. The molecule has 0 amide bonds. The summed E-state index contributed by atoms with van der Waals surface area (Å²) in [6.07, 6.45) is 2.68. The van der Waals surface area contributed by atoms with Crippen molar-refractivity contribution in [1.82, 2.24) is 0 Å². The first-order valence-electron chi connectivity index (χ1n) is 6.82. The Morgan fingerprint density at radius 2 is 2.00 bits per heavy atom. The molecule has 0 bridgehead atoms. The van der Waals surface area contributed by atoms with Gasteiger partial charge in [0.2, 0.25) is 0 Å². The van der Waals surface area contributed by atoms with Crippen molar-refractivity contribution in [1.29, 1.82) is 0 Å². The van der Waals surface area contributed by atoms with Crippen LogP contribution >= 0.6 is 0 Å². The summed E-state index contributed by atoms with van der Waals surface area (Å²) in [4.78, 5) is 0. The Balaban J connectivity index is 2.13. The van der Waals surface area contributed by atoms with E-state index < -0.39 is 0 Å². The summed E-state index contributed by atoms with van der Waals surface area (Å²) >= 11 is 0. The molecule has 2 heteroatoms. The SMILES string of the molecule is Cc1ccc(OC2CCCC(C)(C)C2O)c(C)c1. The molecule has 2 unspecified atom stereocenters. The number of aliphatic hydroxyl groups is 1. The number of hydrogen-bond donors (Lipinski definition) is 1. The second kappa shape index (κ2) is 4.93. The molecule has 1 fully saturated rings. The molecule has 0 aliphatic heterocycles. The molecule has 2 rings (SSSR count). The Labute approximate surface area is 110 Å². The van der Waals surface area contributed by atoms with Crippen LogP contribution in [0.15, 0.2) is 18.2 Å². The highest BCUT2D eigenvalue weighted by Gasteiger charge is 2.39. The first kappa shape index (κ1) is 13.4. The third-order valence-corrected chi connectivity index (χ3v) is 4.07. The van der Waals surface area contributed by atoms with Crippen molar-refractivity contribution in [2.24, 2.45) is 5.41 Å². The fourth-order valence-corrected chi connectivity index (χ4v) is 2.79. The van der Waals surface area contributed by atoms with Crippen LogP contribution in [0.1, 0.15) is 44.2 Å². The van der Waals surface area contributed by atoms with Gasteiger partial charge in [0, 0.05) is 0 Å². The van der Waals surface area contributed by atoms with Crippen LogP contribution in [0.25, 0.3) is 0 Å². The molecule has 18 heavy (non-hydrogen) atoms. The van der Waals surface area contributed by atoms with E-state index in [9.17, 15) is 5.11 Å². The van der Waals surface area contributed by atoms with Gasteiger partial charge >= 0.3 is 0 Å². The maximum Gasteiger partial charge on any atom is 0.125 e. The van der Waals surface area contributed by atoms with Gasteiger partial charge in [-0.3, -0.25) is 0 Å². The molecule has 1 aliphatic carbocycles. The van der Waals surface area contributed by atoms with Crippen molar-refractivity contribution in [3.63, 3.8) is 0 Å². The number of ether oxygens (including phenoxy) is 1. The van der Waals surface area contributed by atoms with Gasteiger partial charge in [0.05, 0.1) is 6.10 Å². The summed E-state index contributed by atoms with van der Waals surface area (Å²) in [6, 6.07) is 6.19. The first-order valence-corrected chi connectivity index (χ1v) is 6.82. The predicted molar refractivity (Wildman–Crippen MR) is 74.0 cm³/mol. The monoisotopic (exact) mass is 248 g/mol. The molecule has 1 saturated carbocycles. The lowest BCUT2D eigenvalue weighted by atomic mass is 9.73. The minimum Gasteiger partial charge on any atom is -0.487 e. The summed E-state index contributed by atoms with van der Waals surface area (Å²) in [5.74, 6) is 0.905. The molecule has 1 aliphatic rings. The smallest absolute Gasteiger partial charge is 0.125 e. The van der Waals surface area contributed by atoms with Gasteiger partial charge in [-0.2, -0.15) is 0 Å². The molecule has 0 radical (unpaired) electrons. The second-order valence-corrected chi connectivity index (χ2v) is 6.25. The number of aryl methyl sites for hydroxylation is 2. The second-order valence-electron chi connectivity index (χ2n) is 6.25. The van der Waals surface area contributed by atoms with Crippen molar-refractivity contribution in [2.75, 3.05) is 0 Å². The number of hydrogen-bond acceptors (Lipinski definition) is 2. The van der Waals surface area contributed by atoms with Crippen molar-refractivity contribution in [3.8, 4) is 5.75 Å². The average molecular weight is 248 g/mol. The fraction of sp³-hybridized carbons (Fsp3) is 0.625. The summed E-state index contributed by atoms with van der Waals surface area (Å²) < 4.78 is 6.04. The van der Waals surface area contributed by atoms with E-state index >= 15 is 0 Å². The highest BCUT2D eigenvalue weighted by Crippen LogP contribution is 2.37. The Hall–Kier alpha value is -1.02. The van der Waals surface area contributed by atoms with Crippen LogP contribution in [0.5, 0.6) is 5.75 Å². The summed E-state index contributed by atoms with van der Waals surface area (Å²) in [5.41, 5.74) is 2.34. The molecular formula is C16H24O2. The Kier molecular flexibility index (Phi) is 3.67. The molecule has 1 aromatic rings. The van der Waals surface area contributed by atoms with Crippen LogP contribution < -0.4 is 4.74 Å². The van der Waals surface area contributed by atoms with E-state index in [1.165, 1.54) is 5.56 Å². The average Bonchev–Trinajstić information content (AvgIpc) is 2.28. The molecule has 0 aromatic heterocycles. The third-order valence-electron chi connectivity index (χ3n) is 4.07. The number of benzene rings is 1. The molecule has 100 valence electrons. The zero-order valence-corrected chi connectivity index (χ0v) is 11.9. The lowest BCUT2D eigenvalue weighted by Crippen LogP contribution is -2.46. The number of rotatable bonds is 2. The zero-order chi connectivity index (χ0) is 13.3. The highest BCUT2D eigenvalue weighted by molar-refractivity contribution is 5.35. The topological polar surface area (TPSA) is 29.5 Å². The largest absolute Gasteiger partial charge is 0.487 e. The van der Waals surface area contributed by atoms with Crippen molar-refractivity contribution >= 4 is 0 Å². The van der Waals surface area contributed by atoms with Crippen molar-refractivity contribution in [2.45, 2.75) is 59.2 Å². The van der Waals surface area contributed by atoms with Gasteiger partial charge in [0.15, 0.2) is 0 Å². The molecular weight excluding hydrogens is 224 g/mol. The molecule has 0 saturated heterocycles.